The first-order valence-electron chi connectivity index (χ1n) is 10.6. The number of piperidine rings is 2. The topological polar surface area (TPSA) is 96.0 Å². The number of sulfonamides is 1. The summed E-state index contributed by atoms with van der Waals surface area (Å²) in [7, 11) is -3.47. The Balaban J connectivity index is 1.68. The molecule has 2 atom stereocenters. The molecule has 172 valence electrons. The number of nitrogens with one attached hydrogen (secondary N) is 1. The number of carbonyl (C=O) groups excluding carboxylic acids is 2. The van der Waals surface area contributed by atoms with Crippen LogP contribution in [0.5, 0.6) is 5.75 Å². The Morgan fingerprint density at radius 2 is 1.74 bits per heavy atom. The van der Waals surface area contributed by atoms with Crippen molar-refractivity contribution in [3.63, 3.8) is 0 Å². The van der Waals surface area contributed by atoms with Gasteiger partial charge >= 0.3 is 0 Å². The molecule has 2 amide bonds. The van der Waals surface area contributed by atoms with Crippen molar-refractivity contribution in [2.45, 2.75) is 38.2 Å². The fraction of sp³-hybridized carbons (Fsp3) is 0.619. The molecule has 10 heteroatoms. The Labute approximate surface area is 182 Å². The molecule has 2 heterocycles. The van der Waals surface area contributed by atoms with Crippen molar-refractivity contribution in [1.82, 2.24) is 14.5 Å². The van der Waals surface area contributed by atoms with E-state index in [-0.39, 0.29) is 42.6 Å². The SMILES string of the molecule is CS(=O)(=O)NCC(=O)N1CC[C@H](Oc2ccc(F)cc2)[C@@H](CC(=O)N2CCCCC2)C1. The Morgan fingerprint density at radius 1 is 1.06 bits per heavy atom. The number of amides is 2. The maximum Gasteiger partial charge on any atom is 0.237 e. The predicted octanol–water partition coefficient (Wildman–Crippen LogP) is 1.37. The monoisotopic (exact) mass is 455 g/mol. The van der Waals surface area contributed by atoms with Gasteiger partial charge in [-0.3, -0.25) is 9.59 Å². The van der Waals surface area contributed by atoms with Crippen molar-refractivity contribution >= 4 is 21.8 Å². The van der Waals surface area contributed by atoms with Gasteiger partial charge in [0.15, 0.2) is 0 Å². The van der Waals surface area contributed by atoms with Crippen LogP contribution in [-0.2, 0) is 19.6 Å². The summed E-state index contributed by atoms with van der Waals surface area (Å²) < 4.78 is 44.1. The zero-order chi connectivity index (χ0) is 22.4. The van der Waals surface area contributed by atoms with Crippen molar-refractivity contribution in [2.24, 2.45) is 5.92 Å². The van der Waals surface area contributed by atoms with Crippen LogP contribution in [0.15, 0.2) is 24.3 Å². The molecule has 0 aliphatic carbocycles. The van der Waals surface area contributed by atoms with Crippen LogP contribution >= 0.6 is 0 Å². The van der Waals surface area contributed by atoms with E-state index in [0.717, 1.165) is 38.6 Å². The van der Waals surface area contributed by atoms with E-state index in [0.29, 0.717) is 25.3 Å². The van der Waals surface area contributed by atoms with E-state index in [4.69, 9.17) is 4.74 Å². The van der Waals surface area contributed by atoms with Crippen molar-refractivity contribution in [1.29, 1.82) is 0 Å². The second-order valence-electron chi connectivity index (χ2n) is 8.24. The van der Waals surface area contributed by atoms with Crippen molar-refractivity contribution in [3.05, 3.63) is 30.1 Å². The van der Waals surface area contributed by atoms with Crippen LogP contribution in [-0.4, -0.2) is 75.1 Å². The van der Waals surface area contributed by atoms with E-state index in [1.165, 1.54) is 12.1 Å². The molecule has 8 nitrogen and oxygen atoms in total. The lowest BCUT2D eigenvalue weighted by Gasteiger charge is -2.39. The first-order valence-corrected chi connectivity index (χ1v) is 12.5. The second-order valence-corrected chi connectivity index (χ2v) is 10.1. The quantitative estimate of drug-likeness (QED) is 0.670. The number of hydrogen-bond acceptors (Lipinski definition) is 5. The summed E-state index contributed by atoms with van der Waals surface area (Å²) in [6.45, 7) is 1.88. The first-order chi connectivity index (χ1) is 14.7. The average molecular weight is 456 g/mol. The average Bonchev–Trinajstić information content (AvgIpc) is 2.75. The molecule has 1 aromatic carbocycles. The molecule has 0 bridgehead atoms. The maximum atomic E-state index is 13.2. The number of likely N-dealkylation sites (tertiary alicyclic amines) is 2. The highest BCUT2D eigenvalue weighted by Gasteiger charge is 2.35. The van der Waals surface area contributed by atoms with Gasteiger partial charge < -0.3 is 14.5 Å². The van der Waals surface area contributed by atoms with E-state index >= 15 is 0 Å². The van der Waals surface area contributed by atoms with E-state index < -0.39 is 10.0 Å². The number of ether oxygens (including phenoxy) is 1. The second kappa shape index (κ2) is 10.4. The van der Waals surface area contributed by atoms with Gasteiger partial charge in [0, 0.05) is 44.9 Å². The van der Waals surface area contributed by atoms with Crippen LogP contribution in [0.25, 0.3) is 0 Å². The normalized spacial score (nSPS) is 22.3. The zero-order valence-electron chi connectivity index (χ0n) is 17.8. The Bertz CT molecular complexity index is 872. The molecule has 0 saturated carbocycles. The molecule has 2 saturated heterocycles. The third kappa shape index (κ3) is 7.17. The predicted molar refractivity (Wildman–Crippen MR) is 113 cm³/mol. The molecule has 3 rings (SSSR count). The van der Waals surface area contributed by atoms with Gasteiger partial charge in [0.1, 0.15) is 17.7 Å². The van der Waals surface area contributed by atoms with Crippen LogP contribution < -0.4 is 9.46 Å². The highest BCUT2D eigenvalue weighted by Crippen LogP contribution is 2.27. The molecule has 1 N–H and O–H groups in total. The molecule has 0 unspecified atom stereocenters. The summed E-state index contributed by atoms with van der Waals surface area (Å²) in [4.78, 5) is 28.8. The smallest absolute Gasteiger partial charge is 0.237 e. The van der Waals surface area contributed by atoms with Gasteiger partial charge in [0.05, 0.1) is 12.8 Å². The summed E-state index contributed by atoms with van der Waals surface area (Å²) in [5.41, 5.74) is 0. The van der Waals surface area contributed by atoms with Crippen molar-refractivity contribution in [3.8, 4) is 5.75 Å². The lowest BCUT2D eigenvalue weighted by atomic mass is 9.90. The Morgan fingerprint density at radius 3 is 2.39 bits per heavy atom. The van der Waals surface area contributed by atoms with Gasteiger partial charge in [-0.05, 0) is 43.5 Å². The molecule has 31 heavy (non-hydrogen) atoms. The fourth-order valence-corrected chi connectivity index (χ4v) is 4.46. The van der Waals surface area contributed by atoms with E-state index in [1.54, 1.807) is 17.0 Å². The van der Waals surface area contributed by atoms with Crippen LogP contribution in [0.2, 0.25) is 0 Å². The lowest BCUT2D eigenvalue weighted by molar-refractivity contribution is -0.139. The third-order valence-corrected chi connectivity index (χ3v) is 6.42. The van der Waals surface area contributed by atoms with Gasteiger partial charge in [-0.1, -0.05) is 0 Å². The van der Waals surface area contributed by atoms with Gasteiger partial charge in [0.25, 0.3) is 0 Å². The summed E-state index contributed by atoms with van der Waals surface area (Å²) >= 11 is 0. The molecule has 0 aromatic heterocycles. The van der Waals surface area contributed by atoms with E-state index in [1.807, 2.05) is 4.90 Å². The largest absolute Gasteiger partial charge is 0.490 e. The standard InChI is InChI=1S/C21H30FN3O5S/c1-31(28,29)23-14-21(27)25-12-9-19(30-18-7-5-17(22)6-8-18)16(15-25)13-20(26)24-10-3-2-4-11-24/h5-8,16,19,23H,2-4,9-15H2,1H3/t16-,19-/m0/s1. The first kappa shape index (κ1) is 23.5. The molecule has 2 fully saturated rings. The third-order valence-electron chi connectivity index (χ3n) is 5.75. The summed E-state index contributed by atoms with van der Waals surface area (Å²) in [6, 6.07) is 5.73. The number of benzene rings is 1. The van der Waals surface area contributed by atoms with E-state index in [2.05, 4.69) is 4.72 Å². The summed E-state index contributed by atoms with van der Waals surface area (Å²) in [6.07, 6.45) is 4.56. The van der Waals surface area contributed by atoms with Gasteiger partial charge in [-0.25, -0.2) is 17.5 Å². The minimum atomic E-state index is -3.47. The Hall–Kier alpha value is -2.20. The fourth-order valence-electron chi connectivity index (χ4n) is 4.08. The number of hydrogen-bond donors (Lipinski definition) is 1. The minimum absolute atomic E-state index is 0.0426. The van der Waals surface area contributed by atoms with Crippen molar-refractivity contribution < 1.29 is 27.1 Å². The lowest BCUT2D eigenvalue weighted by Crippen LogP contribution is -2.51. The highest BCUT2D eigenvalue weighted by atomic mass is 32.2. The number of carbonyl (C=O) groups is 2. The zero-order valence-corrected chi connectivity index (χ0v) is 18.6. The molecule has 1 aromatic rings. The molecular weight excluding hydrogens is 425 g/mol. The summed E-state index contributed by atoms with van der Waals surface area (Å²) in [5.74, 6) is -0.374. The van der Waals surface area contributed by atoms with Crippen molar-refractivity contribution in [2.75, 3.05) is 39.0 Å². The van der Waals surface area contributed by atoms with Gasteiger partial charge in [-0.15, -0.1) is 0 Å². The van der Waals surface area contributed by atoms with Crippen LogP contribution in [0, 0.1) is 11.7 Å². The molecule has 0 spiro atoms. The minimum Gasteiger partial charge on any atom is -0.490 e. The summed E-state index contributed by atoms with van der Waals surface area (Å²) in [5, 5.41) is 0. The van der Waals surface area contributed by atoms with Crippen LogP contribution in [0.3, 0.4) is 0 Å². The molecule has 2 aliphatic rings. The maximum absolute atomic E-state index is 13.2. The van der Waals surface area contributed by atoms with Gasteiger partial charge in [-0.2, -0.15) is 0 Å². The van der Waals surface area contributed by atoms with E-state index in [9.17, 15) is 22.4 Å². The number of halogens is 1. The van der Waals surface area contributed by atoms with Crippen LogP contribution in [0.4, 0.5) is 4.39 Å². The number of rotatable bonds is 7. The molecule has 0 radical (unpaired) electrons. The van der Waals surface area contributed by atoms with Gasteiger partial charge in [0.2, 0.25) is 21.8 Å². The molecule has 2 aliphatic heterocycles. The highest BCUT2D eigenvalue weighted by molar-refractivity contribution is 7.88. The van der Waals surface area contributed by atoms with Crippen LogP contribution in [0.1, 0.15) is 32.1 Å². The Kier molecular flexibility index (Phi) is 7.88. The molecular formula is C21H30FN3O5S. The number of nitrogens with zero attached hydrogens (tertiary/aromatic N) is 2.